The van der Waals surface area contributed by atoms with Gasteiger partial charge in [-0.25, -0.2) is 9.18 Å². The average Bonchev–Trinajstić information content (AvgIpc) is 2.70. The summed E-state index contributed by atoms with van der Waals surface area (Å²) in [6.07, 6.45) is 0.193. The minimum absolute atomic E-state index is 0.0463. The lowest BCUT2D eigenvalue weighted by Crippen LogP contribution is -2.53. The predicted molar refractivity (Wildman–Crippen MR) is 111 cm³/mol. The van der Waals surface area contributed by atoms with Gasteiger partial charge < -0.3 is 15.4 Å². The minimum atomic E-state index is -1.04. The highest BCUT2D eigenvalue weighted by molar-refractivity contribution is 5.90. The van der Waals surface area contributed by atoms with Gasteiger partial charge in [-0.3, -0.25) is 9.59 Å². The molecule has 7 heteroatoms. The quantitative estimate of drug-likeness (QED) is 0.650. The van der Waals surface area contributed by atoms with Crippen molar-refractivity contribution in [1.29, 1.82) is 0 Å². The van der Waals surface area contributed by atoms with Crippen LogP contribution in [-0.4, -0.2) is 37.0 Å². The molecule has 0 bridgehead atoms. The van der Waals surface area contributed by atoms with Gasteiger partial charge in [0, 0.05) is 19.8 Å². The maximum atomic E-state index is 14.1. The van der Waals surface area contributed by atoms with Crippen molar-refractivity contribution in [2.24, 2.45) is 0 Å². The van der Waals surface area contributed by atoms with E-state index in [1.807, 2.05) is 32.0 Å². The second-order valence-corrected chi connectivity index (χ2v) is 7.21. The number of halogens is 1. The highest BCUT2D eigenvalue weighted by Crippen LogP contribution is 2.16. The number of amides is 2. The van der Waals surface area contributed by atoms with E-state index in [1.165, 1.54) is 20.1 Å². The van der Waals surface area contributed by atoms with E-state index in [2.05, 4.69) is 10.6 Å². The molecule has 2 N–H and O–H groups in total. The van der Waals surface area contributed by atoms with Crippen LogP contribution in [0.4, 0.5) is 4.39 Å². The molecule has 30 heavy (non-hydrogen) atoms. The SMILES string of the molecule is COC(=O)[C@H](Cc1c(C)cccc1C)NC(=O)[C@@H](Cc1ccccc1F)NC(C)=O. The molecule has 160 valence electrons. The van der Waals surface area contributed by atoms with Crippen LogP contribution < -0.4 is 10.6 Å². The Morgan fingerprint density at radius 1 is 0.933 bits per heavy atom. The number of rotatable bonds is 8. The van der Waals surface area contributed by atoms with Crippen molar-refractivity contribution >= 4 is 17.8 Å². The van der Waals surface area contributed by atoms with Gasteiger partial charge in [0.2, 0.25) is 11.8 Å². The molecule has 0 aromatic heterocycles. The summed E-state index contributed by atoms with van der Waals surface area (Å²) in [7, 11) is 1.25. The van der Waals surface area contributed by atoms with E-state index in [0.29, 0.717) is 0 Å². The zero-order valence-electron chi connectivity index (χ0n) is 17.6. The molecule has 2 rings (SSSR count). The fraction of sp³-hybridized carbons (Fsp3) is 0.348. The molecule has 2 amide bonds. The van der Waals surface area contributed by atoms with Crippen molar-refractivity contribution in [1.82, 2.24) is 10.6 Å². The number of carbonyl (C=O) groups excluding carboxylic acids is 3. The number of nitrogens with one attached hydrogen (secondary N) is 2. The van der Waals surface area contributed by atoms with E-state index in [1.54, 1.807) is 18.2 Å². The molecular weight excluding hydrogens is 387 g/mol. The number of ether oxygens (including phenoxy) is 1. The third-order valence-corrected chi connectivity index (χ3v) is 4.93. The standard InChI is InChI=1S/C23H27FN2O4/c1-14-8-7-9-15(2)18(14)13-21(23(29)30-4)26-22(28)20(25-16(3)27)12-17-10-5-6-11-19(17)24/h5-11,20-21H,12-13H2,1-4H3,(H,25,27)(H,26,28)/t20-,21+/m1/s1. The largest absolute Gasteiger partial charge is 0.467 e. The fourth-order valence-corrected chi connectivity index (χ4v) is 3.32. The van der Waals surface area contributed by atoms with Crippen LogP contribution in [0.25, 0.3) is 0 Å². The lowest BCUT2D eigenvalue weighted by molar-refractivity contribution is -0.145. The molecule has 0 fully saturated rings. The van der Waals surface area contributed by atoms with Crippen LogP contribution in [0.15, 0.2) is 42.5 Å². The number of hydrogen-bond acceptors (Lipinski definition) is 4. The van der Waals surface area contributed by atoms with Crippen molar-refractivity contribution in [3.05, 3.63) is 70.5 Å². The first-order valence-corrected chi connectivity index (χ1v) is 9.66. The van der Waals surface area contributed by atoms with Crippen molar-refractivity contribution in [2.45, 2.75) is 45.7 Å². The van der Waals surface area contributed by atoms with Crippen molar-refractivity contribution in [2.75, 3.05) is 7.11 Å². The van der Waals surface area contributed by atoms with Gasteiger partial charge in [-0.15, -0.1) is 0 Å². The summed E-state index contributed by atoms with van der Waals surface area (Å²) in [6.45, 7) is 5.13. The Balaban J connectivity index is 2.24. The van der Waals surface area contributed by atoms with E-state index < -0.39 is 35.7 Å². The number of methoxy groups -OCH3 is 1. The molecule has 6 nitrogen and oxygen atoms in total. The Morgan fingerprint density at radius 2 is 1.57 bits per heavy atom. The molecule has 0 aliphatic rings. The molecule has 2 atom stereocenters. The van der Waals surface area contributed by atoms with Gasteiger partial charge in [0.05, 0.1) is 7.11 Å². The van der Waals surface area contributed by atoms with Gasteiger partial charge in [-0.1, -0.05) is 36.4 Å². The fourth-order valence-electron chi connectivity index (χ4n) is 3.32. The maximum absolute atomic E-state index is 14.1. The van der Waals surface area contributed by atoms with E-state index in [9.17, 15) is 18.8 Å². The number of benzene rings is 2. The summed E-state index contributed by atoms with van der Waals surface area (Å²) < 4.78 is 18.9. The third kappa shape index (κ3) is 6.14. The first-order valence-electron chi connectivity index (χ1n) is 9.66. The smallest absolute Gasteiger partial charge is 0.328 e. The van der Waals surface area contributed by atoms with Crippen LogP contribution in [0.5, 0.6) is 0 Å². The zero-order chi connectivity index (χ0) is 22.3. The highest BCUT2D eigenvalue weighted by atomic mass is 19.1. The summed E-state index contributed by atoms with van der Waals surface area (Å²) in [5, 5.41) is 5.20. The molecule has 0 heterocycles. The average molecular weight is 414 g/mol. The molecule has 2 aromatic rings. The van der Waals surface area contributed by atoms with E-state index in [4.69, 9.17) is 4.74 Å². The summed E-state index contributed by atoms with van der Waals surface area (Å²) in [4.78, 5) is 36.9. The van der Waals surface area contributed by atoms with E-state index in [-0.39, 0.29) is 18.4 Å². The van der Waals surface area contributed by atoms with Gasteiger partial charge in [-0.2, -0.15) is 0 Å². The van der Waals surface area contributed by atoms with Crippen molar-refractivity contribution in [3.63, 3.8) is 0 Å². The van der Waals surface area contributed by atoms with Crippen molar-refractivity contribution in [3.8, 4) is 0 Å². The van der Waals surface area contributed by atoms with Gasteiger partial charge >= 0.3 is 5.97 Å². The van der Waals surface area contributed by atoms with Crippen molar-refractivity contribution < 1.29 is 23.5 Å². The Bertz CT molecular complexity index is 909. The molecular formula is C23H27FN2O4. The Hall–Kier alpha value is -3.22. The summed E-state index contributed by atoms with van der Waals surface area (Å²) in [5.74, 6) is -2.09. The Labute approximate surface area is 175 Å². The molecule has 0 aliphatic carbocycles. The molecule has 2 aromatic carbocycles. The van der Waals surface area contributed by atoms with Gasteiger partial charge in [0.25, 0.3) is 0 Å². The van der Waals surface area contributed by atoms with Gasteiger partial charge in [0.15, 0.2) is 0 Å². The monoisotopic (exact) mass is 414 g/mol. The number of carbonyl (C=O) groups is 3. The molecule has 0 aliphatic heterocycles. The molecule has 0 spiro atoms. The molecule has 0 unspecified atom stereocenters. The maximum Gasteiger partial charge on any atom is 0.328 e. The number of esters is 1. The van der Waals surface area contributed by atoms with Gasteiger partial charge in [0.1, 0.15) is 17.9 Å². The normalized spacial score (nSPS) is 12.6. The van der Waals surface area contributed by atoms with E-state index >= 15 is 0 Å². The van der Waals surface area contributed by atoms with Crippen LogP contribution in [0.1, 0.15) is 29.2 Å². The number of aryl methyl sites for hydroxylation is 2. The van der Waals surface area contributed by atoms with Crippen LogP contribution in [-0.2, 0) is 32.0 Å². The van der Waals surface area contributed by atoms with Crippen LogP contribution in [0.2, 0.25) is 0 Å². The van der Waals surface area contributed by atoms with E-state index in [0.717, 1.165) is 16.7 Å². The molecule has 0 saturated carbocycles. The van der Waals surface area contributed by atoms with Crippen LogP contribution in [0.3, 0.4) is 0 Å². The lowest BCUT2D eigenvalue weighted by Gasteiger charge is -2.23. The lowest BCUT2D eigenvalue weighted by atomic mass is 9.96. The first-order chi connectivity index (χ1) is 14.2. The highest BCUT2D eigenvalue weighted by Gasteiger charge is 2.28. The Morgan fingerprint density at radius 3 is 2.13 bits per heavy atom. The Kier molecular flexibility index (Phi) is 8.09. The molecule has 0 radical (unpaired) electrons. The number of hydrogen-bond donors (Lipinski definition) is 2. The summed E-state index contributed by atoms with van der Waals surface area (Å²) in [5.41, 5.74) is 3.19. The van der Waals surface area contributed by atoms with Gasteiger partial charge in [-0.05, 0) is 42.2 Å². The topological polar surface area (TPSA) is 84.5 Å². The molecule has 0 saturated heterocycles. The van der Waals surface area contributed by atoms with Crippen LogP contribution >= 0.6 is 0 Å². The second kappa shape index (κ2) is 10.5. The predicted octanol–water partition coefficient (Wildman–Crippen LogP) is 2.39. The van der Waals surface area contributed by atoms with Crippen LogP contribution in [0, 0.1) is 19.7 Å². The zero-order valence-corrected chi connectivity index (χ0v) is 17.6. The third-order valence-electron chi connectivity index (χ3n) is 4.93. The minimum Gasteiger partial charge on any atom is -0.467 e. The summed E-state index contributed by atoms with van der Waals surface area (Å²) >= 11 is 0. The second-order valence-electron chi connectivity index (χ2n) is 7.21. The summed E-state index contributed by atoms with van der Waals surface area (Å²) in [6, 6.07) is 9.82. The first kappa shape index (κ1) is 23.1.